The summed E-state index contributed by atoms with van der Waals surface area (Å²) in [5.41, 5.74) is 3.65. The summed E-state index contributed by atoms with van der Waals surface area (Å²) in [5, 5.41) is 2.96. The SMILES string of the molecule is CCc1ccc(CC)c(CNC(=O)CCCN(C)S(=O)(=O)c2ccccc2)c1. The first-order valence-electron chi connectivity index (χ1n) is 9.77. The smallest absolute Gasteiger partial charge is 0.242 e. The van der Waals surface area contributed by atoms with Gasteiger partial charge in [-0.25, -0.2) is 12.7 Å². The summed E-state index contributed by atoms with van der Waals surface area (Å²) in [5.74, 6) is -0.0607. The third-order valence-corrected chi connectivity index (χ3v) is 6.74. The van der Waals surface area contributed by atoms with Gasteiger partial charge in [-0.1, -0.05) is 50.2 Å². The maximum atomic E-state index is 12.5. The Labute approximate surface area is 168 Å². The highest BCUT2D eigenvalue weighted by Crippen LogP contribution is 2.15. The molecule has 0 radical (unpaired) electrons. The standard InChI is InChI=1S/C22H30N2O3S/c1-4-18-13-14-19(5-2)20(16-18)17-23-22(25)12-9-15-24(3)28(26,27)21-10-7-6-8-11-21/h6-8,10-11,13-14,16H,4-5,9,12,15,17H2,1-3H3,(H,23,25). The van der Waals surface area contributed by atoms with E-state index in [1.54, 1.807) is 37.4 Å². The fraction of sp³-hybridized carbons (Fsp3) is 0.409. The Bertz CT molecular complexity index is 880. The van der Waals surface area contributed by atoms with Crippen molar-refractivity contribution in [3.63, 3.8) is 0 Å². The van der Waals surface area contributed by atoms with Crippen LogP contribution in [0.15, 0.2) is 53.4 Å². The molecule has 28 heavy (non-hydrogen) atoms. The molecule has 0 aliphatic carbocycles. The predicted octanol–water partition coefficient (Wildman–Crippen LogP) is 3.53. The average Bonchev–Trinajstić information content (AvgIpc) is 2.72. The molecule has 0 aliphatic heterocycles. The molecule has 5 nitrogen and oxygen atoms in total. The first-order chi connectivity index (χ1) is 13.4. The molecule has 1 N–H and O–H groups in total. The fourth-order valence-electron chi connectivity index (χ4n) is 3.05. The average molecular weight is 403 g/mol. The van der Waals surface area contributed by atoms with Crippen LogP contribution in [0.4, 0.5) is 0 Å². The van der Waals surface area contributed by atoms with Gasteiger partial charge in [0.05, 0.1) is 4.90 Å². The number of benzene rings is 2. The number of nitrogens with one attached hydrogen (secondary N) is 1. The van der Waals surface area contributed by atoms with E-state index in [1.165, 1.54) is 15.4 Å². The summed E-state index contributed by atoms with van der Waals surface area (Å²) < 4.78 is 26.3. The first-order valence-corrected chi connectivity index (χ1v) is 11.2. The number of amides is 1. The van der Waals surface area contributed by atoms with E-state index < -0.39 is 10.0 Å². The van der Waals surface area contributed by atoms with Crippen LogP contribution in [0.5, 0.6) is 0 Å². The third kappa shape index (κ3) is 5.91. The second-order valence-electron chi connectivity index (χ2n) is 6.83. The van der Waals surface area contributed by atoms with Crippen molar-refractivity contribution in [1.82, 2.24) is 9.62 Å². The molecule has 0 atom stereocenters. The second-order valence-corrected chi connectivity index (χ2v) is 8.87. The van der Waals surface area contributed by atoms with Crippen molar-refractivity contribution in [1.29, 1.82) is 0 Å². The largest absolute Gasteiger partial charge is 0.352 e. The van der Waals surface area contributed by atoms with Gasteiger partial charge in [0.2, 0.25) is 15.9 Å². The van der Waals surface area contributed by atoms with E-state index in [4.69, 9.17) is 0 Å². The number of aryl methyl sites for hydroxylation is 2. The van der Waals surface area contributed by atoms with Crippen LogP contribution >= 0.6 is 0 Å². The Morgan fingerprint density at radius 2 is 1.71 bits per heavy atom. The van der Waals surface area contributed by atoms with Gasteiger partial charge in [0.25, 0.3) is 0 Å². The number of nitrogens with zero attached hydrogens (tertiary/aromatic N) is 1. The molecular weight excluding hydrogens is 372 g/mol. The van der Waals surface area contributed by atoms with Gasteiger partial charge in [-0.3, -0.25) is 4.79 Å². The Morgan fingerprint density at radius 1 is 1.00 bits per heavy atom. The van der Waals surface area contributed by atoms with Crippen molar-refractivity contribution in [2.24, 2.45) is 0 Å². The molecule has 0 spiro atoms. The molecule has 0 saturated heterocycles. The molecule has 0 bridgehead atoms. The Kier molecular flexibility index (Phi) is 8.20. The van der Waals surface area contributed by atoms with E-state index in [0.29, 0.717) is 25.9 Å². The number of rotatable bonds is 10. The highest BCUT2D eigenvalue weighted by molar-refractivity contribution is 7.89. The van der Waals surface area contributed by atoms with Crippen LogP contribution in [-0.4, -0.2) is 32.2 Å². The van der Waals surface area contributed by atoms with Gasteiger partial charge >= 0.3 is 0 Å². The molecule has 2 aromatic carbocycles. The lowest BCUT2D eigenvalue weighted by molar-refractivity contribution is -0.121. The molecular formula is C22H30N2O3S. The molecule has 2 rings (SSSR count). The van der Waals surface area contributed by atoms with Crippen molar-refractivity contribution in [3.05, 3.63) is 65.2 Å². The number of hydrogen-bond acceptors (Lipinski definition) is 3. The van der Waals surface area contributed by atoms with Crippen LogP contribution in [0.1, 0.15) is 43.4 Å². The molecule has 1 amide bonds. The molecule has 0 aromatic heterocycles. The minimum absolute atomic E-state index is 0.0607. The maximum Gasteiger partial charge on any atom is 0.242 e. The first kappa shape index (κ1) is 22.1. The van der Waals surface area contributed by atoms with Gasteiger partial charge in [0.15, 0.2) is 0 Å². The van der Waals surface area contributed by atoms with Crippen molar-refractivity contribution in [3.8, 4) is 0 Å². The second kappa shape index (κ2) is 10.4. The zero-order valence-electron chi connectivity index (χ0n) is 16.9. The van der Waals surface area contributed by atoms with E-state index in [-0.39, 0.29) is 10.8 Å². The topological polar surface area (TPSA) is 66.5 Å². The summed E-state index contributed by atoms with van der Waals surface area (Å²) in [6.07, 6.45) is 2.66. The molecule has 152 valence electrons. The fourth-order valence-corrected chi connectivity index (χ4v) is 4.28. The van der Waals surface area contributed by atoms with E-state index >= 15 is 0 Å². The normalized spacial score (nSPS) is 11.6. The molecule has 0 unspecified atom stereocenters. The molecule has 0 saturated carbocycles. The van der Waals surface area contributed by atoms with Crippen LogP contribution in [0.25, 0.3) is 0 Å². The van der Waals surface area contributed by atoms with Crippen LogP contribution in [0, 0.1) is 0 Å². The Hall–Kier alpha value is -2.18. The van der Waals surface area contributed by atoms with E-state index in [0.717, 1.165) is 18.4 Å². The maximum absolute atomic E-state index is 12.5. The van der Waals surface area contributed by atoms with Gasteiger partial charge in [0.1, 0.15) is 0 Å². The number of hydrogen-bond donors (Lipinski definition) is 1. The molecule has 0 aliphatic rings. The van der Waals surface area contributed by atoms with Gasteiger partial charge in [0, 0.05) is 26.6 Å². The van der Waals surface area contributed by atoms with Gasteiger partial charge < -0.3 is 5.32 Å². The predicted molar refractivity (Wildman–Crippen MR) is 113 cm³/mol. The third-order valence-electron chi connectivity index (χ3n) is 4.86. The van der Waals surface area contributed by atoms with Crippen molar-refractivity contribution in [2.75, 3.05) is 13.6 Å². The molecule has 0 heterocycles. The minimum Gasteiger partial charge on any atom is -0.352 e. The van der Waals surface area contributed by atoms with Gasteiger partial charge in [-0.05, 0) is 48.1 Å². The van der Waals surface area contributed by atoms with Crippen molar-refractivity contribution in [2.45, 2.75) is 51.0 Å². The quantitative estimate of drug-likeness (QED) is 0.661. The van der Waals surface area contributed by atoms with Crippen LogP contribution in [0.2, 0.25) is 0 Å². The Morgan fingerprint density at radius 3 is 2.36 bits per heavy atom. The number of sulfonamides is 1. The van der Waals surface area contributed by atoms with Gasteiger partial charge in [-0.15, -0.1) is 0 Å². The van der Waals surface area contributed by atoms with Crippen molar-refractivity contribution < 1.29 is 13.2 Å². The summed E-state index contributed by atoms with van der Waals surface area (Å²) in [6, 6.07) is 14.8. The van der Waals surface area contributed by atoms with Crippen LogP contribution < -0.4 is 5.32 Å². The zero-order chi connectivity index (χ0) is 20.6. The van der Waals surface area contributed by atoms with E-state index in [1.807, 2.05) is 0 Å². The summed E-state index contributed by atoms with van der Waals surface area (Å²) >= 11 is 0. The van der Waals surface area contributed by atoms with Gasteiger partial charge in [-0.2, -0.15) is 0 Å². The van der Waals surface area contributed by atoms with Crippen molar-refractivity contribution >= 4 is 15.9 Å². The van der Waals surface area contributed by atoms with E-state index in [9.17, 15) is 13.2 Å². The number of carbonyl (C=O) groups excluding carboxylic acids is 1. The summed E-state index contributed by atoms with van der Waals surface area (Å²) in [7, 11) is -1.96. The summed E-state index contributed by atoms with van der Waals surface area (Å²) in [6.45, 7) is 5.03. The molecule has 6 heteroatoms. The lowest BCUT2D eigenvalue weighted by Crippen LogP contribution is -2.29. The summed E-state index contributed by atoms with van der Waals surface area (Å²) in [4.78, 5) is 12.5. The molecule has 2 aromatic rings. The number of carbonyl (C=O) groups is 1. The minimum atomic E-state index is -3.51. The molecule has 0 fully saturated rings. The monoisotopic (exact) mass is 402 g/mol. The highest BCUT2D eigenvalue weighted by atomic mass is 32.2. The highest BCUT2D eigenvalue weighted by Gasteiger charge is 2.20. The Balaban J connectivity index is 1.83. The zero-order valence-corrected chi connectivity index (χ0v) is 17.8. The van der Waals surface area contributed by atoms with Crippen LogP contribution in [0.3, 0.4) is 0 Å². The van der Waals surface area contributed by atoms with E-state index in [2.05, 4.69) is 37.4 Å². The lowest BCUT2D eigenvalue weighted by atomic mass is 10.0. The van der Waals surface area contributed by atoms with Crippen LogP contribution in [-0.2, 0) is 34.2 Å². The lowest BCUT2D eigenvalue weighted by Gasteiger charge is -2.17.